The van der Waals surface area contributed by atoms with E-state index < -0.39 is 22.6 Å². The molecule has 29 heavy (non-hydrogen) atoms. The highest BCUT2D eigenvalue weighted by Crippen LogP contribution is 2.30. The Morgan fingerprint density at radius 1 is 1.24 bits per heavy atom. The number of piperidine rings is 1. The fourth-order valence-corrected chi connectivity index (χ4v) is 3.26. The van der Waals surface area contributed by atoms with Crippen LogP contribution < -0.4 is 10.2 Å². The van der Waals surface area contributed by atoms with Gasteiger partial charge in [0.1, 0.15) is 5.82 Å². The second-order valence-corrected chi connectivity index (χ2v) is 6.97. The molecule has 1 aromatic heterocycles. The van der Waals surface area contributed by atoms with Crippen LogP contribution in [0.3, 0.4) is 0 Å². The largest absolute Gasteiger partial charge is 0.417 e. The second-order valence-electron chi connectivity index (χ2n) is 6.56. The summed E-state index contributed by atoms with van der Waals surface area (Å²) >= 11 is 5.98. The lowest BCUT2D eigenvalue weighted by Crippen LogP contribution is -2.45. The Balaban J connectivity index is 1.59. The second kappa shape index (κ2) is 8.24. The van der Waals surface area contributed by atoms with Crippen molar-refractivity contribution in [3.05, 3.63) is 62.8 Å². The minimum absolute atomic E-state index is 0.0210. The van der Waals surface area contributed by atoms with E-state index in [1.54, 1.807) is 0 Å². The Labute approximate surface area is 168 Å². The number of pyridine rings is 1. The molecular formula is C18H16ClF3N4O3. The minimum atomic E-state index is -4.43. The fraction of sp³-hybridized carbons (Fsp3) is 0.333. The summed E-state index contributed by atoms with van der Waals surface area (Å²) in [5.41, 5.74) is -1.02. The lowest BCUT2D eigenvalue weighted by Gasteiger charge is -2.33. The lowest BCUT2D eigenvalue weighted by molar-refractivity contribution is -0.384. The van der Waals surface area contributed by atoms with E-state index >= 15 is 0 Å². The number of benzene rings is 1. The third kappa shape index (κ3) is 4.94. The van der Waals surface area contributed by atoms with Crippen LogP contribution in [-0.4, -0.2) is 34.9 Å². The number of rotatable bonds is 4. The van der Waals surface area contributed by atoms with Gasteiger partial charge in [0.05, 0.1) is 21.1 Å². The van der Waals surface area contributed by atoms with E-state index in [1.165, 1.54) is 18.2 Å². The highest BCUT2D eigenvalue weighted by Gasteiger charge is 2.31. The number of nitrogens with zero attached hydrogens (tertiary/aromatic N) is 3. The van der Waals surface area contributed by atoms with Gasteiger partial charge in [-0.3, -0.25) is 14.9 Å². The number of hydrogen-bond acceptors (Lipinski definition) is 5. The van der Waals surface area contributed by atoms with Gasteiger partial charge < -0.3 is 10.2 Å². The van der Waals surface area contributed by atoms with E-state index in [0.717, 1.165) is 18.3 Å². The van der Waals surface area contributed by atoms with Crippen LogP contribution in [0.25, 0.3) is 0 Å². The average Bonchev–Trinajstić information content (AvgIpc) is 2.68. The summed E-state index contributed by atoms with van der Waals surface area (Å²) in [5.74, 6) is -0.0747. The first-order valence-corrected chi connectivity index (χ1v) is 9.06. The van der Waals surface area contributed by atoms with Gasteiger partial charge in [0, 0.05) is 37.5 Å². The van der Waals surface area contributed by atoms with E-state index in [2.05, 4.69) is 10.3 Å². The van der Waals surface area contributed by atoms with Gasteiger partial charge in [0.2, 0.25) is 0 Å². The van der Waals surface area contributed by atoms with Gasteiger partial charge in [-0.1, -0.05) is 11.6 Å². The van der Waals surface area contributed by atoms with Gasteiger partial charge in [0.25, 0.3) is 11.6 Å². The number of alkyl halides is 3. The average molecular weight is 429 g/mol. The molecule has 0 atom stereocenters. The van der Waals surface area contributed by atoms with Crippen LogP contribution in [0.5, 0.6) is 0 Å². The summed E-state index contributed by atoms with van der Waals surface area (Å²) in [7, 11) is 0. The molecule has 0 radical (unpaired) electrons. The summed E-state index contributed by atoms with van der Waals surface area (Å²) < 4.78 is 37.9. The van der Waals surface area contributed by atoms with Gasteiger partial charge in [-0.25, -0.2) is 4.98 Å². The standard InChI is InChI=1S/C18H16ClF3N4O3/c19-15-3-2-13(26(28)29)9-14(15)17(27)24-12-5-7-25(8-6-12)16-4-1-11(10-23-16)18(20,21)22/h1-4,9-10,12H,5-8H2,(H,24,27). The maximum absolute atomic E-state index is 12.6. The summed E-state index contributed by atoms with van der Waals surface area (Å²) in [6, 6.07) is 5.76. The van der Waals surface area contributed by atoms with Crippen molar-refractivity contribution in [2.75, 3.05) is 18.0 Å². The Kier molecular flexibility index (Phi) is 5.92. The van der Waals surface area contributed by atoms with Crippen molar-refractivity contribution in [3.63, 3.8) is 0 Å². The maximum Gasteiger partial charge on any atom is 0.417 e. The first kappa shape index (κ1) is 20.8. The molecule has 1 saturated heterocycles. The predicted octanol–water partition coefficient (Wildman–Crippen LogP) is 4.06. The molecule has 3 rings (SSSR count). The van der Waals surface area contributed by atoms with Crippen molar-refractivity contribution in [3.8, 4) is 0 Å². The maximum atomic E-state index is 12.6. The Morgan fingerprint density at radius 3 is 2.48 bits per heavy atom. The van der Waals surface area contributed by atoms with Gasteiger partial charge in [-0.05, 0) is 31.0 Å². The smallest absolute Gasteiger partial charge is 0.356 e. The fourth-order valence-electron chi connectivity index (χ4n) is 3.06. The molecule has 0 unspecified atom stereocenters. The normalized spacial score (nSPS) is 15.2. The molecule has 7 nitrogen and oxygen atoms in total. The number of hydrogen-bond donors (Lipinski definition) is 1. The first-order chi connectivity index (χ1) is 13.6. The molecule has 0 saturated carbocycles. The zero-order chi connectivity index (χ0) is 21.2. The van der Waals surface area contributed by atoms with Crippen LogP contribution in [0, 0.1) is 10.1 Å². The molecule has 1 fully saturated rings. The topological polar surface area (TPSA) is 88.4 Å². The number of carbonyl (C=O) groups excluding carboxylic acids is 1. The number of aromatic nitrogens is 1. The Morgan fingerprint density at radius 2 is 1.93 bits per heavy atom. The number of nitro benzene ring substituents is 1. The van der Waals surface area contributed by atoms with E-state index in [4.69, 9.17) is 11.6 Å². The van der Waals surface area contributed by atoms with Gasteiger partial charge in [-0.2, -0.15) is 13.2 Å². The number of anilines is 1. The Bertz CT molecular complexity index is 914. The quantitative estimate of drug-likeness (QED) is 0.586. The van der Waals surface area contributed by atoms with Gasteiger partial charge in [0.15, 0.2) is 0 Å². The number of amides is 1. The molecule has 0 spiro atoms. The summed E-state index contributed by atoms with van der Waals surface area (Å²) in [6.45, 7) is 0.984. The predicted molar refractivity (Wildman–Crippen MR) is 100 cm³/mol. The van der Waals surface area contributed by atoms with Crippen molar-refractivity contribution in [1.82, 2.24) is 10.3 Å². The molecular weight excluding hydrogens is 413 g/mol. The van der Waals surface area contributed by atoms with Crippen molar-refractivity contribution in [1.29, 1.82) is 0 Å². The molecule has 1 aliphatic heterocycles. The van der Waals surface area contributed by atoms with E-state index in [9.17, 15) is 28.1 Å². The van der Waals surface area contributed by atoms with E-state index in [1.807, 2.05) is 4.90 Å². The molecule has 2 aromatic rings. The molecule has 11 heteroatoms. The molecule has 0 aliphatic carbocycles. The van der Waals surface area contributed by atoms with Gasteiger partial charge in [-0.15, -0.1) is 0 Å². The van der Waals surface area contributed by atoms with Crippen molar-refractivity contribution >= 4 is 29.0 Å². The first-order valence-electron chi connectivity index (χ1n) is 8.68. The summed E-state index contributed by atoms with van der Waals surface area (Å²) in [4.78, 5) is 28.4. The van der Waals surface area contributed by atoms with E-state index in [-0.39, 0.29) is 22.3 Å². The van der Waals surface area contributed by atoms with E-state index in [0.29, 0.717) is 31.7 Å². The molecule has 2 heterocycles. The minimum Gasteiger partial charge on any atom is -0.356 e. The molecule has 1 aromatic carbocycles. The lowest BCUT2D eigenvalue weighted by atomic mass is 10.0. The highest BCUT2D eigenvalue weighted by molar-refractivity contribution is 6.33. The number of carbonyl (C=O) groups is 1. The van der Waals surface area contributed by atoms with Crippen LogP contribution in [0.1, 0.15) is 28.8 Å². The summed E-state index contributed by atoms with van der Waals surface area (Å²) in [6.07, 6.45) is -2.55. The van der Waals surface area contributed by atoms with Crippen molar-refractivity contribution < 1.29 is 22.9 Å². The highest BCUT2D eigenvalue weighted by atomic mass is 35.5. The summed E-state index contributed by atoms with van der Waals surface area (Å²) in [5, 5.41) is 13.8. The number of nitrogens with one attached hydrogen (secondary N) is 1. The number of non-ortho nitro benzene ring substituents is 1. The number of nitro groups is 1. The van der Waals surface area contributed by atoms with Crippen LogP contribution in [0.4, 0.5) is 24.7 Å². The molecule has 0 bridgehead atoms. The third-order valence-corrected chi connectivity index (χ3v) is 4.96. The molecule has 1 N–H and O–H groups in total. The van der Waals surface area contributed by atoms with Gasteiger partial charge >= 0.3 is 6.18 Å². The van der Waals surface area contributed by atoms with Crippen LogP contribution >= 0.6 is 11.6 Å². The van der Waals surface area contributed by atoms with Crippen LogP contribution in [0.2, 0.25) is 5.02 Å². The Hall–Kier alpha value is -2.88. The molecule has 154 valence electrons. The number of halogens is 4. The monoisotopic (exact) mass is 428 g/mol. The third-order valence-electron chi connectivity index (χ3n) is 4.63. The van der Waals surface area contributed by atoms with Crippen LogP contribution in [0.15, 0.2) is 36.5 Å². The van der Waals surface area contributed by atoms with Crippen molar-refractivity contribution in [2.24, 2.45) is 0 Å². The molecule has 1 aliphatic rings. The molecule has 1 amide bonds. The van der Waals surface area contributed by atoms with Crippen molar-refractivity contribution in [2.45, 2.75) is 25.1 Å². The zero-order valence-electron chi connectivity index (χ0n) is 14.9. The zero-order valence-corrected chi connectivity index (χ0v) is 15.7. The SMILES string of the molecule is O=C(NC1CCN(c2ccc(C(F)(F)F)cn2)CC1)c1cc([N+](=O)[O-])ccc1Cl. The van der Waals surface area contributed by atoms with Crippen LogP contribution in [-0.2, 0) is 6.18 Å².